The summed E-state index contributed by atoms with van der Waals surface area (Å²) in [5.74, 6) is 2.20. The molecule has 5 rings (SSSR count). The summed E-state index contributed by atoms with van der Waals surface area (Å²) in [7, 11) is 1.66. The van der Waals surface area contributed by atoms with Gasteiger partial charge in [-0.3, -0.25) is 9.69 Å². The van der Waals surface area contributed by atoms with Crippen molar-refractivity contribution in [2.45, 2.75) is 13.2 Å². The Hall–Kier alpha value is -4.03. The molecule has 4 aromatic rings. The maximum Gasteiger partial charge on any atom is 0.260 e. The Balaban J connectivity index is 1.11. The van der Waals surface area contributed by atoms with Crippen molar-refractivity contribution in [2.75, 3.05) is 39.9 Å². The van der Waals surface area contributed by atoms with Crippen LogP contribution in [0.5, 0.6) is 17.2 Å². The molecule has 1 aliphatic heterocycles. The van der Waals surface area contributed by atoms with E-state index < -0.39 is 0 Å². The first kappa shape index (κ1) is 24.7. The van der Waals surface area contributed by atoms with Gasteiger partial charge in [-0.05, 0) is 46.2 Å². The molecule has 1 amide bonds. The van der Waals surface area contributed by atoms with Crippen LogP contribution in [0.25, 0.3) is 10.8 Å². The van der Waals surface area contributed by atoms with E-state index in [1.54, 1.807) is 7.11 Å². The first-order chi connectivity index (χ1) is 18.2. The number of piperazine rings is 1. The van der Waals surface area contributed by atoms with Gasteiger partial charge in [-0.1, -0.05) is 66.7 Å². The number of methoxy groups -OCH3 is 1. The van der Waals surface area contributed by atoms with Crippen LogP contribution in [0.1, 0.15) is 11.1 Å². The van der Waals surface area contributed by atoms with Crippen LogP contribution in [0.3, 0.4) is 0 Å². The van der Waals surface area contributed by atoms with Crippen molar-refractivity contribution in [2.24, 2.45) is 0 Å². The van der Waals surface area contributed by atoms with Crippen LogP contribution >= 0.6 is 0 Å². The predicted octanol–water partition coefficient (Wildman–Crippen LogP) is 5.15. The summed E-state index contributed by atoms with van der Waals surface area (Å²) in [4.78, 5) is 17.0. The topological polar surface area (TPSA) is 51.2 Å². The molecule has 0 aromatic heterocycles. The van der Waals surface area contributed by atoms with Crippen molar-refractivity contribution in [3.8, 4) is 17.2 Å². The molecule has 6 heteroatoms. The van der Waals surface area contributed by atoms with Crippen LogP contribution in [0.2, 0.25) is 0 Å². The molecule has 1 fully saturated rings. The minimum Gasteiger partial charge on any atom is -0.493 e. The Labute approximate surface area is 218 Å². The Morgan fingerprint density at radius 3 is 2.27 bits per heavy atom. The smallest absolute Gasteiger partial charge is 0.260 e. The van der Waals surface area contributed by atoms with Crippen molar-refractivity contribution >= 4 is 16.7 Å². The summed E-state index contributed by atoms with van der Waals surface area (Å²) < 4.78 is 17.4. The van der Waals surface area contributed by atoms with Gasteiger partial charge in [-0.25, -0.2) is 0 Å². The van der Waals surface area contributed by atoms with Gasteiger partial charge in [0.25, 0.3) is 5.91 Å². The molecule has 0 bridgehead atoms. The lowest BCUT2D eigenvalue weighted by molar-refractivity contribution is -0.135. The van der Waals surface area contributed by atoms with E-state index in [9.17, 15) is 4.79 Å². The highest BCUT2D eigenvalue weighted by Gasteiger charge is 2.22. The molecule has 0 atom stereocenters. The second-order valence-corrected chi connectivity index (χ2v) is 9.21. The molecular formula is C31H32N2O4. The molecule has 1 heterocycles. The number of amides is 1. The highest BCUT2D eigenvalue weighted by Crippen LogP contribution is 2.29. The SMILES string of the molecule is COc1ccc(CN2CCN(C(=O)COc3ccc4ccccc4c3)CC2)cc1OCc1ccccc1. The second kappa shape index (κ2) is 11.8. The molecule has 1 aliphatic rings. The van der Waals surface area contributed by atoms with E-state index in [2.05, 4.69) is 23.1 Å². The van der Waals surface area contributed by atoms with Crippen molar-refractivity contribution < 1.29 is 19.0 Å². The Bertz CT molecular complexity index is 1330. The molecule has 4 aromatic carbocycles. The normalized spacial score (nSPS) is 13.9. The Morgan fingerprint density at radius 1 is 0.730 bits per heavy atom. The fourth-order valence-corrected chi connectivity index (χ4v) is 4.57. The van der Waals surface area contributed by atoms with Crippen LogP contribution < -0.4 is 14.2 Å². The van der Waals surface area contributed by atoms with Crippen molar-refractivity contribution in [3.63, 3.8) is 0 Å². The number of rotatable bonds is 9. The minimum absolute atomic E-state index is 0.0221. The van der Waals surface area contributed by atoms with E-state index in [4.69, 9.17) is 14.2 Å². The third kappa shape index (κ3) is 6.40. The van der Waals surface area contributed by atoms with Crippen molar-refractivity contribution in [3.05, 3.63) is 102 Å². The summed E-state index contributed by atoms with van der Waals surface area (Å²) >= 11 is 0. The van der Waals surface area contributed by atoms with Crippen LogP contribution in [0.4, 0.5) is 0 Å². The number of hydrogen-bond acceptors (Lipinski definition) is 5. The summed E-state index contributed by atoms with van der Waals surface area (Å²) in [6.45, 7) is 4.34. The van der Waals surface area contributed by atoms with E-state index in [-0.39, 0.29) is 12.5 Å². The quantitative estimate of drug-likeness (QED) is 0.321. The molecule has 0 radical (unpaired) electrons. The molecular weight excluding hydrogens is 464 g/mol. The fraction of sp³-hybridized carbons (Fsp3) is 0.258. The van der Waals surface area contributed by atoms with E-state index in [1.807, 2.05) is 77.7 Å². The van der Waals surface area contributed by atoms with E-state index in [1.165, 1.54) is 0 Å². The average molecular weight is 497 g/mol. The largest absolute Gasteiger partial charge is 0.493 e. The number of fused-ring (bicyclic) bond motifs is 1. The van der Waals surface area contributed by atoms with Gasteiger partial charge in [0, 0.05) is 32.7 Å². The van der Waals surface area contributed by atoms with Crippen LogP contribution in [0.15, 0.2) is 91.0 Å². The van der Waals surface area contributed by atoms with Gasteiger partial charge in [-0.2, -0.15) is 0 Å². The monoisotopic (exact) mass is 496 g/mol. The van der Waals surface area contributed by atoms with Crippen LogP contribution in [0, 0.1) is 0 Å². The molecule has 37 heavy (non-hydrogen) atoms. The second-order valence-electron chi connectivity index (χ2n) is 9.21. The highest BCUT2D eigenvalue weighted by atomic mass is 16.5. The van der Waals surface area contributed by atoms with Gasteiger partial charge in [0.1, 0.15) is 12.4 Å². The van der Waals surface area contributed by atoms with Gasteiger partial charge in [0.15, 0.2) is 18.1 Å². The maximum atomic E-state index is 12.8. The number of ether oxygens (including phenoxy) is 3. The third-order valence-corrected chi connectivity index (χ3v) is 6.68. The number of carbonyl (C=O) groups excluding carboxylic acids is 1. The predicted molar refractivity (Wildman–Crippen MR) is 145 cm³/mol. The molecule has 0 saturated carbocycles. The number of hydrogen-bond donors (Lipinski definition) is 0. The van der Waals surface area contributed by atoms with E-state index in [0.29, 0.717) is 19.7 Å². The fourth-order valence-electron chi connectivity index (χ4n) is 4.57. The van der Waals surface area contributed by atoms with Gasteiger partial charge in [0.2, 0.25) is 0 Å². The molecule has 0 unspecified atom stereocenters. The molecule has 190 valence electrons. The number of nitrogens with zero attached hydrogens (tertiary/aromatic N) is 2. The molecule has 6 nitrogen and oxygen atoms in total. The van der Waals surface area contributed by atoms with Crippen LogP contribution in [-0.2, 0) is 17.9 Å². The molecule has 0 aliphatic carbocycles. The molecule has 0 spiro atoms. The summed E-state index contributed by atoms with van der Waals surface area (Å²) in [5, 5.41) is 2.26. The molecule has 1 saturated heterocycles. The van der Waals surface area contributed by atoms with Crippen LogP contribution in [-0.4, -0.2) is 55.6 Å². The lowest BCUT2D eigenvalue weighted by Gasteiger charge is -2.34. The summed E-state index contributed by atoms with van der Waals surface area (Å²) in [6, 6.07) is 30.2. The lowest BCUT2D eigenvalue weighted by atomic mass is 10.1. The van der Waals surface area contributed by atoms with Gasteiger partial charge < -0.3 is 19.1 Å². The zero-order valence-electron chi connectivity index (χ0n) is 21.1. The zero-order chi connectivity index (χ0) is 25.5. The van der Waals surface area contributed by atoms with Crippen molar-refractivity contribution in [1.29, 1.82) is 0 Å². The number of benzene rings is 4. The maximum absolute atomic E-state index is 12.8. The Kier molecular flexibility index (Phi) is 7.87. The number of carbonyl (C=O) groups is 1. The molecule has 0 N–H and O–H groups in total. The zero-order valence-corrected chi connectivity index (χ0v) is 21.1. The average Bonchev–Trinajstić information content (AvgIpc) is 2.95. The Morgan fingerprint density at radius 2 is 1.49 bits per heavy atom. The first-order valence-electron chi connectivity index (χ1n) is 12.6. The van der Waals surface area contributed by atoms with E-state index >= 15 is 0 Å². The third-order valence-electron chi connectivity index (χ3n) is 6.68. The first-order valence-corrected chi connectivity index (χ1v) is 12.6. The van der Waals surface area contributed by atoms with Crippen molar-refractivity contribution in [1.82, 2.24) is 9.80 Å². The minimum atomic E-state index is 0.0221. The summed E-state index contributed by atoms with van der Waals surface area (Å²) in [5.41, 5.74) is 2.27. The highest BCUT2D eigenvalue weighted by molar-refractivity contribution is 5.84. The van der Waals surface area contributed by atoms with Gasteiger partial charge >= 0.3 is 0 Å². The lowest BCUT2D eigenvalue weighted by Crippen LogP contribution is -2.49. The summed E-state index contributed by atoms with van der Waals surface area (Å²) in [6.07, 6.45) is 0. The van der Waals surface area contributed by atoms with Gasteiger partial charge in [-0.15, -0.1) is 0 Å². The van der Waals surface area contributed by atoms with E-state index in [0.717, 1.165) is 58.8 Å². The van der Waals surface area contributed by atoms with Gasteiger partial charge in [0.05, 0.1) is 7.11 Å². The standard InChI is InChI=1S/C31H32N2O4/c1-35-29-14-11-25(19-30(29)37-22-24-7-3-2-4-8-24)21-32-15-17-33(18-16-32)31(34)23-36-28-13-12-26-9-5-6-10-27(26)20-28/h2-14,19-20H,15-18,21-23H2,1H3.